The Balaban J connectivity index is 4.32. The van der Waals surface area contributed by atoms with Gasteiger partial charge in [-0.15, -0.1) is 0 Å². The van der Waals surface area contributed by atoms with Crippen LogP contribution in [0.1, 0.15) is 53.9 Å². The van der Waals surface area contributed by atoms with Crippen molar-refractivity contribution in [3.8, 4) is 0 Å². The van der Waals surface area contributed by atoms with Crippen molar-refractivity contribution in [2.75, 3.05) is 13.6 Å². The Labute approximate surface area is 95.7 Å². The zero-order valence-electron chi connectivity index (χ0n) is 11.4. The van der Waals surface area contributed by atoms with Crippen molar-refractivity contribution in [2.24, 2.45) is 5.92 Å². The molecule has 0 aliphatic carbocycles. The maximum Gasteiger partial charge on any atom is 0.0796 e. The van der Waals surface area contributed by atoms with Crippen molar-refractivity contribution in [3.63, 3.8) is 0 Å². The van der Waals surface area contributed by atoms with Crippen LogP contribution in [0.3, 0.4) is 0 Å². The lowest BCUT2D eigenvalue weighted by Crippen LogP contribution is -2.51. The molecule has 0 saturated carbocycles. The van der Waals surface area contributed by atoms with Crippen LogP contribution < -0.4 is 0 Å². The van der Waals surface area contributed by atoms with Crippen molar-refractivity contribution in [1.82, 2.24) is 4.90 Å². The van der Waals surface area contributed by atoms with Gasteiger partial charge in [-0.1, -0.05) is 33.6 Å². The zero-order chi connectivity index (χ0) is 12.1. The first-order valence-electron chi connectivity index (χ1n) is 6.30. The van der Waals surface area contributed by atoms with Crippen LogP contribution in [0.4, 0.5) is 0 Å². The molecule has 0 radical (unpaired) electrons. The Morgan fingerprint density at radius 3 is 2.20 bits per heavy atom. The topological polar surface area (TPSA) is 23.5 Å². The summed E-state index contributed by atoms with van der Waals surface area (Å²) in [5.41, 5.74) is -0.586. The lowest BCUT2D eigenvalue weighted by Gasteiger charge is -2.40. The third kappa shape index (κ3) is 4.12. The van der Waals surface area contributed by atoms with Gasteiger partial charge in [0.05, 0.1) is 5.60 Å². The Morgan fingerprint density at radius 1 is 1.27 bits per heavy atom. The van der Waals surface area contributed by atoms with Gasteiger partial charge < -0.3 is 10.0 Å². The molecule has 92 valence electrons. The van der Waals surface area contributed by atoms with Crippen molar-refractivity contribution >= 4 is 0 Å². The molecule has 0 fully saturated rings. The molecule has 0 aromatic rings. The van der Waals surface area contributed by atoms with Gasteiger partial charge in [-0.05, 0) is 39.8 Å². The van der Waals surface area contributed by atoms with Gasteiger partial charge in [0.2, 0.25) is 0 Å². The predicted molar refractivity (Wildman–Crippen MR) is 67.1 cm³/mol. The van der Waals surface area contributed by atoms with E-state index >= 15 is 0 Å². The third-order valence-corrected chi connectivity index (χ3v) is 3.98. The van der Waals surface area contributed by atoms with Gasteiger partial charge in [-0.2, -0.15) is 0 Å². The van der Waals surface area contributed by atoms with Crippen LogP contribution in [-0.2, 0) is 0 Å². The number of hydrogen-bond acceptors (Lipinski definition) is 2. The normalized spacial score (nSPS) is 20.0. The van der Waals surface area contributed by atoms with Gasteiger partial charge in [0, 0.05) is 6.04 Å². The van der Waals surface area contributed by atoms with Crippen LogP contribution in [-0.4, -0.2) is 35.2 Å². The first-order chi connectivity index (χ1) is 6.87. The standard InChI is InChI=1S/C13H29NO/c1-7-9-10-14(6)12(4)13(5,15)11(3)8-2/h11-12,15H,7-10H2,1-6H3/t11-,12?,13-/m1/s1. The van der Waals surface area contributed by atoms with E-state index in [1.165, 1.54) is 12.8 Å². The minimum absolute atomic E-state index is 0.221. The lowest BCUT2D eigenvalue weighted by atomic mass is 9.82. The summed E-state index contributed by atoms with van der Waals surface area (Å²) in [6, 6.07) is 0.221. The second-order valence-corrected chi connectivity index (χ2v) is 5.05. The van der Waals surface area contributed by atoms with Crippen molar-refractivity contribution in [1.29, 1.82) is 0 Å². The first kappa shape index (κ1) is 14.9. The van der Waals surface area contributed by atoms with Crippen molar-refractivity contribution in [2.45, 2.75) is 65.5 Å². The van der Waals surface area contributed by atoms with E-state index in [9.17, 15) is 5.11 Å². The molecule has 0 bridgehead atoms. The fourth-order valence-electron chi connectivity index (χ4n) is 1.87. The molecule has 15 heavy (non-hydrogen) atoms. The molecule has 0 aromatic carbocycles. The van der Waals surface area contributed by atoms with E-state index in [1.807, 2.05) is 6.92 Å². The summed E-state index contributed by atoms with van der Waals surface area (Å²) in [6.07, 6.45) is 3.44. The average molecular weight is 215 g/mol. The van der Waals surface area contributed by atoms with Crippen molar-refractivity contribution in [3.05, 3.63) is 0 Å². The Morgan fingerprint density at radius 2 is 1.80 bits per heavy atom. The largest absolute Gasteiger partial charge is 0.388 e. The SMILES string of the molecule is CCCCN(C)C(C)[C@](C)(O)[C@H](C)CC. The summed E-state index contributed by atoms with van der Waals surface area (Å²) < 4.78 is 0. The average Bonchev–Trinajstić information content (AvgIpc) is 2.23. The fraction of sp³-hybridized carbons (Fsp3) is 1.00. The monoisotopic (exact) mass is 215 g/mol. The van der Waals surface area contributed by atoms with Crippen LogP contribution in [0.25, 0.3) is 0 Å². The molecule has 0 aliphatic rings. The van der Waals surface area contributed by atoms with Crippen LogP contribution in [0, 0.1) is 5.92 Å². The highest BCUT2D eigenvalue weighted by Gasteiger charge is 2.35. The highest BCUT2D eigenvalue weighted by molar-refractivity contribution is 4.89. The highest BCUT2D eigenvalue weighted by atomic mass is 16.3. The number of rotatable bonds is 7. The molecule has 0 spiro atoms. The molecule has 3 atom stereocenters. The highest BCUT2D eigenvalue weighted by Crippen LogP contribution is 2.26. The van der Waals surface area contributed by atoms with Gasteiger partial charge in [0.15, 0.2) is 0 Å². The smallest absolute Gasteiger partial charge is 0.0796 e. The fourth-order valence-corrected chi connectivity index (χ4v) is 1.87. The summed E-state index contributed by atoms with van der Waals surface area (Å²) >= 11 is 0. The molecule has 0 heterocycles. The van der Waals surface area contributed by atoms with Crippen LogP contribution in [0.2, 0.25) is 0 Å². The second kappa shape index (κ2) is 6.49. The van der Waals surface area contributed by atoms with E-state index in [2.05, 4.69) is 39.6 Å². The van der Waals surface area contributed by atoms with Gasteiger partial charge in [0.1, 0.15) is 0 Å². The van der Waals surface area contributed by atoms with E-state index in [0.717, 1.165) is 13.0 Å². The molecule has 0 aliphatic heterocycles. The molecule has 0 amide bonds. The number of unbranched alkanes of at least 4 members (excludes halogenated alkanes) is 1. The number of nitrogens with zero attached hydrogens (tertiary/aromatic N) is 1. The maximum absolute atomic E-state index is 10.5. The summed E-state index contributed by atoms with van der Waals surface area (Å²) in [6.45, 7) is 11.6. The number of likely N-dealkylation sites (N-methyl/N-ethyl adjacent to an activating group) is 1. The third-order valence-electron chi connectivity index (χ3n) is 3.98. The molecular weight excluding hydrogens is 186 g/mol. The van der Waals surface area contributed by atoms with E-state index in [-0.39, 0.29) is 6.04 Å². The molecule has 2 nitrogen and oxygen atoms in total. The molecule has 1 unspecified atom stereocenters. The molecule has 0 saturated heterocycles. The summed E-state index contributed by atoms with van der Waals surface area (Å²) in [5.74, 6) is 0.344. The quantitative estimate of drug-likeness (QED) is 0.706. The summed E-state index contributed by atoms with van der Waals surface area (Å²) in [4.78, 5) is 2.27. The minimum Gasteiger partial charge on any atom is -0.388 e. The Hall–Kier alpha value is -0.0800. The molecule has 0 rings (SSSR count). The maximum atomic E-state index is 10.5. The Kier molecular flexibility index (Phi) is 6.46. The zero-order valence-corrected chi connectivity index (χ0v) is 11.4. The van der Waals surface area contributed by atoms with E-state index in [4.69, 9.17) is 0 Å². The lowest BCUT2D eigenvalue weighted by molar-refractivity contribution is -0.0598. The van der Waals surface area contributed by atoms with Crippen LogP contribution >= 0.6 is 0 Å². The predicted octanol–water partition coefficient (Wildman–Crippen LogP) is 2.90. The van der Waals surface area contributed by atoms with Gasteiger partial charge in [0.25, 0.3) is 0 Å². The molecule has 0 aromatic heterocycles. The van der Waals surface area contributed by atoms with E-state index in [1.54, 1.807) is 0 Å². The van der Waals surface area contributed by atoms with E-state index in [0.29, 0.717) is 5.92 Å². The van der Waals surface area contributed by atoms with Crippen LogP contribution in [0.5, 0.6) is 0 Å². The van der Waals surface area contributed by atoms with E-state index < -0.39 is 5.60 Å². The van der Waals surface area contributed by atoms with Crippen LogP contribution in [0.15, 0.2) is 0 Å². The molecule has 2 heteroatoms. The van der Waals surface area contributed by atoms with Crippen molar-refractivity contribution < 1.29 is 5.11 Å². The Bertz CT molecular complexity index is 168. The molecule has 1 N–H and O–H groups in total. The second-order valence-electron chi connectivity index (χ2n) is 5.05. The van der Waals surface area contributed by atoms with Gasteiger partial charge in [-0.25, -0.2) is 0 Å². The summed E-state index contributed by atoms with van der Waals surface area (Å²) in [5, 5.41) is 10.5. The first-order valence-corrected chi connectivity index (χ1v) is 6.30. The van der Waals surface area contributed by atoms with Gasteiger partial charge in [-0.3, -0.25) is 0 Å². The number of hydrogen-bond donors (Lipinski definition) is 1. The van der Waals surface area contributed by atoms with Gasteiger partial charge >= 0.3 is 0 Å². The summed E-state index contributed by atoms with van der Waals surface area (Å²) in [7, 11) is 2.11. The number of aliphatic hydroxyl groups is 1. The minimum atomic E-state index is -0.586. The molecular formula is C13H29NO.